The first-order valence-electron chi connectivity index (χ1n) is 9.96. The third-order valence-electron chi connectivity index (χ3n) is 5.41. The molecule has 0 aromatic carbocycles. The Morgan fingerprint density at radius 2 is 1.94 bits per heavy atom. The highest BCUT2D eigenvalue weighted by Gasteiger charge is 2.54. The SMILES string of the molecule is C=CCN1CCN(C(C)C)C(=O)C12CCN(C(=O)c1cnccn1)C2.O=C(O)C(F)(F)F. The Bertz CT molecular complexity index is 849. The molecule has 1 spiro atoms. The van der Waals surface area contributed by atoms with Crippen molar-refractivity contribution >= 4 is 17.8 Å². The van der Waals surface area contributed by atoms with Crippen molar-refractivity contribution in [1.82, 2.24) is 24.7 Å². The number of aromatic nitrogens is 2. The summed E-state index contributed by atoms with van der Waals surface area (Å²) in [4.78, 5) is 48.8. The van der Waals surface area contributed by atoms with E-state index in [-0.39, 0.29) is 17.9 Å². The highest BCUT2D eigenvalue weighted by molar-refractivity contribution is 5.94. The summed E-state index contributed by atoms with van der Waals surface area (Å²) in [5.74, 6) is -2.81. The largest absolute Gasteiger partial charge is 0.490 e. The Kier molecular flexibility index (Phi) is 7.94. The number of nitrogens with zero attached hydrogens (tertiary/aromatic N) is 5. The van der Waals surface area contributed by atoms with Gasteiger partial charge in [-0.3, -0.25) is 19.5 Å². The van der Waals surface area contributed by atoms with Crippen molar-refractivity contribution in [3.8, 4) is 0 Å². The van der Waals surface area contributed by atoms with Crippen LogP contribution in [0.1, 0.15) is 30.8 Å². The van der Waals surface area contributed by atoms with Gasteiger partial charge in [0.15, 0.2) is 0 Å². The van der Waals surface area contributed by atoms with E-state index < -0.39 is 17.7 Å². The number of hydrogen-bond donors (Lipinski definition) is 1. The molecule has 12 heteroatoms. The van der Waals surface area contributed by atoms with Gasteiger partial charge in [-0.1, -0.05) is 6.08 Å². The quantitative estimate of drug-likeness (QED) is 0.682. The molecule has 3 heterocycles. The molecule has 2 aliphatic heterocycles. The van der Waals surface area contributed by atoms with Crippen LogP contribution in [0.25, 0.3) is 0 Å². The number of carbonyl (C=O) groups excluding carboxylic acids is 2. The highest BCUT2D eigenvalue weighted by Crippen LogP contribution is 2.34. The number of rotatable bonds is 4. The lowest BCUT2D eigenvalue weighted by Crippen LogP contribution is -2.68. The van der Waals surface area contributed by atoms with E-state index >= 15 is 0 Å². The van der Waals surface area contributed by atoms with E-state index in [1.165, 1.54) is 12.4 Å². The number of hydrogen-bond acceptors (Lipinski definition) is 6. The molecule has 1 aromatic heterocycles. The van der Waals surface area contributed by atoms with Crippen LogP contribution in [0.5, 0.6) is 0 Å². The summed E-state index contributed by atoms with van der Waals surface area (Å²) in [6.07, 6.45) is 1.90. The van der Waals surface area contributed by atoms with E-state index in [1.807, 2.05) is 24.8 Å². The maximum atomic E-state index is 13.3. The number of halogens is 3. The Morgan fingerprint density at radius 3 is 2.44 bits per heavy atom. The molecule has 1 atom stereocenters. The first-order chi connectivity index (χ1) is 14.9. The van der Waals surface area contributed by atoms with Gasteiger partial charge in [0.2, 0.25) is 5.91 Å². The summed E-state index contributed by atoms with van der Waals surface area (Å²) in [7, 11) is 0. The smallest absolute Gasteiger partial charge is 0.475 e. The minimum atomic E-state index is -5.08. The molecular weight excluding hydrogens is 431 g/mol. The fourth-order valence-electron chi connectivity index (χ4n) is 3.83. The zero-order valence-corrected chi connectivity index (χ0v) is 17.9. The highest BCUT2D eigenvalue weighted by atomic mass is 19.4. The number of carbonyl (C=O) groups is 3. The van der Waals surface area contributed by atoms with Gasteiger partial charge in [0.05, 0.1) is 6.20 Å². The number of amides is 2. The van der Waals surface area contributed by atoms with Crippen molar-refractivity contribution in [2.45, 2.75) is 38.0 Å². The van der Waals surface area contributed by atoms with E-state index in [2.05, 4.69) is 21.4 Å². The van der Waals surface area contributed by atoms with Crippen molar-refractivity contribution in [3.05, 3.63) is 36.9 Å². The zero-order chi connectivity index (χ0) is 24.1. The summed E-state index contributed by atoms with van der Waals surface area (Å²) < 4.78 is 31.7. The second-order valence-corrected chi connectivity index (χ2v) is 7.73. The molecule has 32 heavy (non-hydrogen) atoms. The fraction of sp³-hybridized carbons (Fsp3) is 0.550. The fourth-order valence-corrected chi connectivity index (χ4v) is 3.83. The second-order valence-electron chi connectivity index (χ2n) is 7.73. The first-order valence-corrected chi connectivity index (χ1v) is 9.96. The van der Waals surface area contributed by atoms with Crippen LogP contribution in [0.3, 0.4) is 0 Å². The molecule has 2 aliphatic rings. The van der Waals surface area contributed by atoms with Gasteiger partial charge in [0.1, 0.15) is 11.2 Å². The van der Waals surface area contributed by atoms with Gasteiger partial charge in [-0.15, -0.1) is 6.58 Å². The Labute approximate surface area is 183 Å². The van der Waals surface area contributed by atoms with Gasteiger partial charge < -0.3 is 14.9 Å². The van der Waals surface area contributed by atoms with Gasteiger partial charge in [0, 0.05) is 51.2 Å². The lowest BCUT2D eigenvalue weighted by Gasteiger charge is -2.48. The number of carboxylic acid groups (broad SMARTS) is 1. The van der Waals surface area contributed by atoms with E-state index in [4.69, 9.17) is 9.90 Å². The molecule has 3 rings (SSSR count). The average Bonchev–Trinajstić information content (AvgIpc) is 3.18. The summed E-state index contributed by atoms with van der Waals surface area (Å²) in [5.41, 5.74) is -0.340. The van der Waals surface area contributed by atoms with Crippen molar-refractivity contribution in [1.29, 1.82) is 0 Å². The monoisotopic (exact) mass is 457 g/mol. The molecule has 2 saturated heterocycles. The van der Waals surface area contributed by atoms with E-state index in [1.54, 1.807) is 11.1 Å². The molecule has 0 radical (unpaired) electrons. The van der Waals surface area contributed by atoms with Crippen LogP contribution in [-0.2, 0) is 9.59 Å². The molecule has 0 aliphatic carbocycles. The van der Waals surface area contributed by atoms with Crippen LogP contribution in [0, 0.1) is 0 Å². The van der Waals surface area contributed by atoms with Gasteiger partial charge in [-0.2, -0.15) is 13.2 Å². The number of alkyl halides is 3. The lowest BCUT2D eigenvalue weighted by atomic mass is 9.90. The minimum Gasteiger partial charge on any atom is -0.475 e. The number of likely N-dealkylation sites (tertiary alicyclic amines) is 1. The normalized spacial score (nSPS) is 21.5. The van der Waals surface area contributed by atoms with Crippen molar-refractivity contribution < 1.29 is 32.7 Å². The van der Waals surface area contributed by atoms with Crippen LogP contribution in [0.4, 0.5) is 13.2 Å². The molecule has 1 aromatic rings. The summed E-state index contributed by atoms with van der Waals surface area (Å²) in [6.45, 7) is 11.0. The minimum absolute atomic E-state index is 0.116. The van der Waals surface area contributed by atoms with Gasteiger partial charge in [0.25, 0.3) is 5.91 Å². The number of piperazine rings is 1. The predicted octanol–water partition coefficient (Wildman–Crippen LogP) is 1.43. The summed E-state index contributed by atoms with van der Waals surface area (Å²) in [6, 6.07) is 0.153. The molecule has 176 valence electrons. The van der Waals surface area contributed by atoms with Crippen LogP contribution in [0.15, 0.2) is 31.2 Å². The average molecular weight is 457 g/mol. The summed E-state index contributed by atoms with van der Waals surface area (Å²) >= 11 is 0. The molecule has 2 amide bonds. The first kappa shape index (κ1) is 25.2. The lowest BCUT2D eigenvalue weighted by molar-refractivity contribution is -0.192. The Morgan fingerprint density at radius 1 is 1.28 bits per heavy atom. The van der Waals surface area contributed by atoms with Crippen molar-refractivity contribution in [3.63, 3.8) is 0 Å². The molecule has 0 bridgehead atoms. The van der Waals surface area contributed by atoms with Crippen LogP contribution < -0.4 is 0 Å². The second kappa shape index (κ2) is 10.1. The van der Waals surface area contributed by atoms with E-state index in [9.17, 15) is 22.8 Å². The predicted molar refractivity (Wildman–Crippen MR) is 108 cm³/mol. The maximum absolute atomic E-state index is 13.3. The van der Waals surface area contributed by atoms with Gasteiger partial charge in [-0.25, -0.2) is 9.78 Å². The molecular formula is C20H26F3N5O4. The third-order valence-corrected chi connectivity index (χ3v) is 5.41. The van der Waals surface area contributed by atoms with Gasteiger partial charge in [-0.05, 0) is 20.3 Å². The zero-order valence-electron chi connectivity index (χ0n) is 17.9. The summed E-state index contributed by atoms with van der Waals surface area (Å²) in [5, 5.41) is 7.12. The topological polar surface area (TPSA) is 107 Å². The van der Waals surface area contributed by atoms with E-state index in [0.29, 0.717) is 38.3 Å². The van der Waals surface area contributed by atoms with Gasteiger partial charge >= 0.3 is 12.1 Å². The van der Waals surface area contributed by atoms with Crippen LogP contribution in [0.2, 0.25) is 0 Å². The molecule has 1 N–H and O–H groups in total. The standard InChI is InChI=1S/C18H25N5O2.C2HF3O2/c1-4-8-22-10-11-23(14(2)3)17(25)18(22)5-9-21(13-18)16(24)15-12-19-6-7-20-15;3-2(4,5)1(6)7/h4,6-7,12,14H,1,5,8-11,13H2,2-3H3;(H,6,7). The van der Waals surface area contributed by atoms with Crippen molar-refractivity contribution in [2.24, 2.45) is 0 Å². The van der Waals surface area contributed by atoms with E-state index in [0.717, 1.165) is 6.54 Å². The Hall–Kier alpha value is -3.02. The third kappa shape index (κ3) is 5.42. The van der Waals surface area contributed by atoms with Crippen molar-refractivity contribution in [2.75, 3.05) is 32.7 Å². The number of carboxylic acids is 1. The van der Waals surface area contributed by atoms with Crippen LogP contribution >= 0.6 is 0 Å². The Balaban J connectivity index is 0.000000451. The van der Waals surface area contributed by atoms with Crippen LogP contribution in [-0.4, -0.2) is 98.0 Å². The molecule has 9 nitrogen and oxygen atoms in total. The molecule has 0 saturated carbocycles. The maximum Gasteiger partial charge on any atom is 0.490 e. The number of aliphatic carboxylic acids is 1. The molecule has 1 unspecified atom stereocenters. The molecule has 2 fully saturated rings.